The second-order valence-corrected chi connectivity index (χ2v) is 1.07. The average molecular weight is 101 g/mol. The van der Waals surface area contributed by atoms with Crippen molar-refractivity contribution in [3.05, 3.63) is 24.4 Å². The van der Waals surface area contributed by atoms with E-state index in [0.717, 1.165) is 6.26 Å². The molecule has 1 N–H and O–H groups in total. The summed E-state index contributed by atoms with van der Waals surface area (Å²) in [6, 6.07) is 0. The van der Waals surface area contributed by atoms with Crippen molar-refractivity contribution in [2.45, 2.75) is 0 Å². The number of rotatable bonds is 0. The van der Waals surface area contributed by atoms with Gasteiger partial charge in [-0.25, -0.2) is 9.87 Å². The predicted molar refractivity (Wildman–Crippen MR) is 22.6 cm³/mol. The molecule has 0 radical (unpaired) electrons. The third-order valence-corrected chi connectivity index (χ3v) is 0.550. The van der Waals surface area contributed by atoms with Gasteiger partial charge in [0, 0.05) is 6.20 Å². The van der Waals surface area contributed by atoms with E-state index in [0.29, 0.717) is 0 Å². The highest BCUT2D eigenvalue weighted by atomic mass is 19.1. The number of hydrogen-bond donors (Lipinski definition) is 1. The zero-order chi connectivity index (χ0) is 5.11. The van der Waals surface area contributed by atoms with Crippen LogP contribution in [-0.2, 0) is 4.84 Å². The molecule has 0 unspecified atom stereocenters. The van der Waals surface area contributed by atoms with E-state index >= 15 is 0 Å². The Labute approximate surface area is 40.2 Å². The smallest absolute Gasteiger partial charge is 0.162 e. The maximum atomic E-state index is 11.8. The van der Waals surface area contributed by atoms with Gasteiger partial charge in [0.25, 0.3) is 0 Å². The van der Waals surface area contributed by atoms with E-state index in [-0.39, 0.29) is 5.83 Å². The maximum Gasteiger partial charge on any atom is 0.162 e. The van der Waals surface area contributed by atoms with Crippen LogP contribution in [0.15, 0.2) is 24.4 Å². The summed E-state index contributed by atoms with van der Waals surface area (Å²) in [5.41, 5.74) is 2.32. The predicted octanol–water partition coefficient (Wildman–Crippen LogP) is 0.846. The number of hydroxylamine groups is 1. The van der Waals surface area contributed by atoms with E-state index in [4.69, 9.17) is 0 Å². The van der Waals surface area contributed by atoms with Crippen LogP contribution >= 0.6 is 0 Å². The zero-order valence-electron chi connectivity index (χ0n) is 3.52. The molecule has 1 heterocycles. The largest absolute Gasteiger partial charge is 0.387 e. The summed E-state index contributed by atoms with van der Waals surface area (Å²) < 4.78 is 11.8. The molecule has 0 aromatic rings. The van der Waals surface area contributed by atoms with Gasteiger partial charge in [-0.2, -0.15) is 0 Å². The van der Waals surface area contributed by atoms with Crippen LogP contribution in [0.4, 0.5) is 4.39 Å². The summed E-state index contributed by atoms with van der Waals surface area (Å²) in [5, 5.41) is 0. The summed E-state index contributed by atoms with van der Waals surface area (Å²) in [6.45, 7) is 0. The molecule has 2 nitrogen and oxygen atoms in total. The van der Waals surface area contributed by atoms with Crippen LogP contribution in [0.5, 0.6) is 0 Å². The lowest BCUT2D eigenvalue weighted by Crippen LogP contribution is -2.03. The van der Waals surface area contributed by atoms with Crippen molar-refractivity contribution in [2.75, 3.05) is 0 Å². The summed E-state index contributed by atoms with van der Waals surface area (Å²) in [5.74, 6) is -0.376. The van der Waals surface area contributed by atoms with E-state index in [1.807, 2.05) is 0 Å². The lowest BCUT2D eigenvalue weighted by molar-refractivity contribution is 0.164. The van der Waals surface area contributed by atoms with Crippen LogP contribution in [0.3, 0.4) is 0 Å². The first-order valence-electron chi connectivity index (χ1n) is 1.83. The third-order valence-electron chi connectivity index (χ3n) is 0.550. The second kappa shape index (κ2) is 1.64. The molecule has 0 amide bonds. The van der Waals surface area contributed by atoms with Crippen LogP contribution in [0, 0.1) is 0 Å². The fourth-order valence-electron chi connectivity index (χ4n) is 0.283. The average Bonchev–Trinajstić information content (AvgIpc) is 1.69. The van der Waals surface area contributed by atoms with Crippen LogP contribution in [0.1, 0.15) is 0 Å². The minimum atomic E-state index is -0.376. The molecule has 1 aliphatic heterocycles. The molecular formula is C4H4FNO. The highest BCUT2D eigenvalue weighted by Crippen LogP contribution is 1.99. The van der Waals surface area contributed by atoms with Crippen molar-refractivity contribution < 1.29 is 9.23 Å². The van der Waals surface area contributed by atoms with Crippen molar-refractivity contribution in [1.82, 2.24) is 5.48 Å². The fraction of sp³-hybridized carbons (Fsp3) is 0. The van der Waals surface area contributed by atoms with Crippen molar-refractivity contribution in [3.63, 3.8) is 0 Å². The minimum absolute atomic E-state index is 0.376. The Morgan fingerprint density at radius 1 is 1.71 bits per heavy atom. The molecular weight excluding hydrogens is 97.0 g/mol. The van der Waals surface area contributed by atoms with Crippen molar-refractivity contribution >= 4 is 0 Å². The Hall–Kier alpha value is -0.990. The molecule has 3 heteroatoms. The molecule has 0 aromatic heterocycles. The Balaban J connectivity index is 2.58. The van der Waals surface area contributed by atoms with E-state index < -0.39 is 0 Å². The molecule has 0 spiro atoms. The van der Waals surface area contributed by atoms with Gasteiger partial charge in [-0.15, -0.1) is 0 Å². The first-order valence-corrected chi connectivity index (χ1v) is 1.83. The fourth-order valence-corrected chi connectivity index (χ4v) is 0.283. The normalized spacial score (nSPS) is 17.0. The first kappa shape index (κ1) is 4.18. The summed E-state index contributed by atoms with van der Waals surface area (Å²) >= 11 is 0. The SMILES string of the molecule is FC1=CONC=C1. The number of allylic oxidation sites excluding steroid dienone is 2. The van der Waals surface area contributed by atoms with Crippen molar-refractivity contribution in [3.8, 4) is 0 Å². The van der Waals surface area contributed by atoms with E-state index in [2.05, 4.69) is 10.3 Å². The molecule has 0 fully saturated rings. The molecule has 0 aromatic carbocycles. The van der Waals surface area contributed by atoms with Gasteiger partial charge in [0.05, 0.1) is 0 Å². The third kappa shape index (κ3) is 0.924. The van der Waals surface area contributed by atoms with Gasteiger partial charge in [-0.1, -0.05) is 0 Å². The Morgan fingerprint density at radius 2 is 2.57 bits per heavy atom. The van der Waals surface area contributed by atoms with Crippen LogP contribution < -0.4 is 5.48 Å². The first-order chi connectivity index (χ1) is 3.39. The Bertz CT molecular complexity index is 119. The zero-order valence-corrected chi connectivity index (χ0v) is 3.52. The minimum Gasteiger partial charge on any atom is -0.387 e. The Morgan fingerprint density at radius 3 is 2.86 bits per heavy atom. The van der Waals surface area contributed by atoms with Crippen molar-refractivity contribution in [2.24, 2.45) is 0 Å². The lowest BCUT2D eigenvalue weighted by Gasteiger charge is -2.00. The molecule has 0 saturated heterocycles. The lowest BCUT2D eigenvalue weighted by atomic mass is 10.5. The quantitative estimate of drug-likeness (QED) is 0.488. The number of halogens is 1. The number of hydrogen-bond acceptors (Lipinski definition) is 2. The highest BCUT2D eigenvalue weighted by Gasteiger charge is 1.89. The van der Waals surface area contributed by atoms with Crippen LogP contribution in [0.2, 0.25) is 0 Å². The monoisotopic (exact) mass is 101 g/mol. The van der Waals surface area contributed by atoms with E-state index in [9.17, 15) is 4.39 Å². The van der Waals surface area contributed by atoms with Gasteiger partial charge in [-0.3, -0.25) is 0 Å². The summed E-state index contributed by atoms with van der Waals surface area (Å²) in [6.07, 6.45) is 3.62. The second-order valence-electron chi connectivity index (χ2n) is 1.07. The highest BCUT2D eigenvalue weighted by molar-refractivity contribution is 5.08. The topological polar surface area (TPSA) is 21.3 Å². The van der Waals surface area contributed by atoms with E-state index in [1.165, 1.54) is 12.3 Å². The molecule has 0 bridgehead atoms. The van der Waals surface area contributed by atoms with Gasteiger partial charge >= 0.3 is 0 Å². The van der Waals surface area contributed by atoms with Gasteiger partial charge in [0.15, 0.2) is 12.1 Å². The molecule has 0 aliphatic carbocycles. The summed E-state index contributed by atoms with van der Waals surface area (Å²) in [7, 11) is 0. The molecule has 7 heavy (non-hydrogen) atoms. The standard InChI is InChI=1S/C4H4FNO/c5-4-1-2-6-7-3-4/h1-3,6H. The Kier molecular flexibility index (Phi) is 0.978. The van der Waals surface area contributed by atoms with Gasteiger partial charge < -0.3 is 4.84 Å². The maximum absolute atomic E-state index is 11.8. The molecule has 1 rings (SSSR count). The van der Waals surface area contributed by atoms with Crippen molar-refractivity contribution in [1.29, 1.82) is 0 Å². The summed E-state index contributed by atoms with van der Waals surface area (Å²) in [4.78, 5) is 4.31. The van der Waals surface area contributed by atoms with Crippen LogP contribution in [0.25, 0.3) is 0 Å². The van der Waals surface area contributed by atoms with Gasteiger partial charge in [0.1, 0.15) is 0 Å². The van der Waals surface area contributed by atoms with Crippen LogP contribution in [-0.4, -0.2) is 0 Å². The van der Waals surface area contributed by atoms with Gasteiger partial charge in [0.2, 0.25) is 0 Å². The molecule has 1 aliphatic rings. The van der Waals surface area contributed by atoms with E-state index in [1.54, 1.807) is 0 Å². The molecule has 38 valence electrons. The molecule has 0 saturated carbocycles. The number of nitrogens with one attached hydrogen (secondary N) is 1. The van der Waals surface area contributed by atoms with Gasteiger partial charge in [-0.05, 0) is 6.08 Å². The molecule has 0 atom stereocenters.